The van der Waals surface area contributed by atoms with Crippen molar-refractivity contribution in [2.24, 2.45) is 0 Å². The van der Waals surface area contributed by atoms with E-state index in [1.54, 1.807) is 0 Å². The topological polar surface area (TPSA) is 69.4 Å². The highest BCUT2D eigenvalue weighted by atomic mass is 16.6. The number of hydrogen-bond acceptors (Lipinski definition) is 4. The maximum Gasteiger partial charge on any atom is 0.270 e. The summed E-state index contributed by atoms with van der Waals surface area (Å²) in [4.78, 5) is 21.5. The van der Waals surface area contributed by atoms with Crippen molar-refractivity contribution in [1.82, 2.24) is 0 Å². The minimum Gasteiger partial charge on any atom is -0.490 e. The summed E-state index contributed by atoms with van der Waals surface area (Å²) in [6.45, 7) is 1.38. The Morgan fingerprint density at radius 3 is 2.65 bits per heavy atom. The second kappa shape index (κ2) is 4.53. The molecule has 5 heteroatoms. The van der Waals surface area contributed by atoms with Crippen molar-refractivity contribution >= 4 is 11.5 Å². The summed E-state index contributed by atoms with van der Waals surface area (Å²) in [5, 5.41) is 10.6. The fourth-order valence-corrected chi connectivity index (χ4v) is 1.68. The molecule has 0 N–H and O–H groups in total. The Morgan fingerprint density at radius 2 is 2.18 bits per heavy atom. The van der Waals surface area contributed by atoms with Gasteiger partial charge in [0.2, 0.25) is 0 Å². The molecule has 0 spiro atoms. The molecule has 1 aromatic rings. The Labute approximate surface area is 98.5 Å². The van der Waals surface area contributed by atoms with Gasteiger partial charge in [0.25, 0.3) is 5.69 Å². The summed E-state index contributed by atoms with van der Waals surface area (Å²) >= 11 is 0. The molecule has 0 heterocycles. The fraction of sp³-hybridized carbons (Fsp3) is 0.417. The lowest BCUT2D eigenvalue weighted by Crippen LogP contribution is -2.25. The molecule has 0 unspecified atom stereocenters. The summed E-state index contributed by atoms with van der Waals surface area (Å²) in [5.41, 5.74) is 0.197. The quantitative estimate of drug-likeness (QED) is 0.457. The van der Waals surface area contributed by atoms with Crippen LogP contribution >= 0.6 is 0 Å². The summed E-state index contributed by atoms with van der Waals surface area (Å²) in [6, 6.07) is 4.14. The van der Waals surface area contributed by atoms with Gasteiger partial charge >= 0.3 is 0 Å². The van der Waals surface area contributed by atoms with E-state index < -0.39 is 4.92 Å². The highest BCUT2D eigenvalue weighted by molar-refractivity contribution is 5.97. The van der Waals surface area contributed by atoms with Crippen molar-refractivity contribution in [2.75, 3.05) is 0 Å². The van der Waals surface area contributed by atoms with E-state index in [9.17, 15) is 14.9 Å². The van der Waals surface area contributed by atoms with Gasteiger partial charge in [0.1, 0.15) is 5.75 Å². The standard InChI is InChI=1S/C12H13NO4/c1-8(14)11-7-9(13(15)16)5-6-12(11)17-10-3-2-4-10/h5-7,10H,2-4H2,1H3. The summed E-state index contributed by atoms with van der Waals surface area (Å²) < 4.78 is 5.63. The average Bonchev–Trinajstić information content (AvgIpc) is 2.23. The van der Waals surface area contributed by atoms with Crippen LogP contribution in [0.3, 0.4) is 0 Å². The second-order valence-electron chi connectivity index (χ2n) is 4.16. The lowest BCUT2D eigenvalue weighted by Gasteiger charge is -2.27. The normalized spacial score (nSPS) is 15.1. The Hall–Kier alpha value is -1.91. The molecular weight excluding hydrogens is 222 g/mol. The predicted octanol–water partition coefficient (Wildman–Crippen LogP) is 2.73. The smallest absolute Gasteiger partial charge is 0.270 e. The first-order valence-electron chi connectivity index (χ1n) is 5.54. The van der Waals surface area contributed by atoms with Crippen molar-refractivity contribution in [3.05, 3.63) is 33.9 Å². The number of hydrogen-bond donors (Lipinski definition) is 0. The Balaban J connectivity index is 2.30. The number of ketones is 1. The van der Waals surface area contributed by atoms with Gasteiger partial charge in [-0.05, 0) is 32.3 Å². The first-order valence-corrected chi connectivity index (χ1v) is 5.54. The highest BCUT2D eigenvalue weighted by Crippen LogP contribution is 2.30. The SMILES string of the molecule is CC(=O)c1cc([N+](=O)[O-])ccc1OC1CCC1. The monoisotopic (exact) mass is 235 g/mol. The Bertz CT molecular complexity index is 466. The van der Waals surface area contributed by atoms with Gasteiger partial charge in [-0.3, -0.25) is 14.9 Å². The van der Waals surface area contributed by atoms with Crippen molar-refractivity contribution in [3.8, 4) is 5.75 Å². The van der Waals surface area contributed by atoms with Crippen LogP contribution in [-0.2, 0) is 0 Å². The number of nitro groups is 1. The lowest BCUT2D eigenvalue weighted by molar-refractivity contribution is -0.384. The number of ether oxygens (including phenoxy) is 1. The van der Waals surface area contributed by atoms with Crippen molar-refractivity contribution < 1.29 is 14.5 Å². The van der Waals surface area contributed by atoms with E-state index in [-0.39, 0.29) is 23.1 Å². The zero-order chi connectivity index (χ0) is 12.4. The van der Waals surface area contributed by atoms with E-state index in [0.717, 1.165) is 19.3 Å². The molecule has 0 saturated heterocycles. The van der Waals surface area contributed by atoms with Crippen LogP contribution in [0.25, 0.3) is 0 Å². The van der Waals surface area contributed by atoms with Crippen LogP contribution in [0.4, 0.5) is 5.69 Å². The molecule has 0 radical (unpaired) electrons. The number of rotatable bonds is 4. The molecule has 1 aliphatic rings. The van der Waals surface area contributed by atoms with Crippen LogP contribution in [0.1, 0.15) is 36.5 Å². The number of carbonyl (C=O) groups excluding carboxylic acids is 1. The van der Waals surface area contributed by atoms with E-state index in [2.05, 4.69) is 0 Å². The Morgan fingerprint density at radius 1 is 1.47 bits per heavy atom. The van der Waals surface area contributed by atoms with E-state index >= 15 is 0 Å². The van der Waals surface area contributed by atoms with Gasteiger partial charge in [-0.25, -0.2) is 0 Å². The number of nitro benzene ring substituents is 1. The maximum atomic E-state index is 11.4. The lowest BCUT2D eigenvalue weighted by atomic mass is 9.96. The average molecular weight is 235 g/mol. The first kappa shape index (κ1) is 11.6. The number of Topliss-reactive ketones (excluding diaryl/α,β-unsaturated/α-hetero) is 1. The summed E-state index contributed by atoms with van der Waals surface area (Å²) in [5.74, 6) is 0.232. The highest BCUT2D eigenvalue weighted by Gasteiger charge is 2.22. The molecule has 5 nitrogen and oxygen atoms in total. The zero-order valence-electron chi connectivity index (χ0n) is 9.51. The number of non-ortho nitro benzene ring substituents is 1. The molecule has 1 fully saturated rings. The molecule has 0 amide bonds. The summed E-state index contributed by atoms with van der Waals surface area (Å²) in [7, 11) is 0. The molecule has 0 aromatic heterocycles. The molecule has 0 aliphatic heterocycles. The minimum atomic E-state index is -0.514. The minimum absolute atomic E-state index is 0.0869. The van der Waals surface area contributed by atoms with Crippen LogP contribution in [0, 0.1) is 10.1 Å². The van der Waals surface area contributed by atoms with Crippen molar-refractivity contribution in [2.45, 2.75) is 32.3 Å². The molecule has 1 saturated carbocycles. The molecular formula is C12H13NO4. The van der Waals surface area contributed by atoms with E-state index in [4.69, 9.17) is 4.74 Å². The van der Waals surface area contributed by atoms with E-state index in [1.807, 2.05) is 0 Å². The van der Waals surface area contributed by atoms with Gasteiger partial charge in [-0.1, -0.05) is 0 Å². The maximum absolute atomic E-state index is 11.4. The van der Waals surface area contributed by atoms with Crippen LogP contribution in [-0.4, -0.2) is 16.8 Å². The number of nitrogens with zero attached hydrogens (tertiary/aromatic N) is 1. The molecule has 0 atom stereocenters. The predicted molar refractivity (Wildman–Crippen MR) is 61.4 cm³/mol. The van der Waals surface area contributed by atoms with Gasteiger partial charge in [0, 0.05) is 12.1 Å². The largest absolute Gasteiger partial charge is 0.490 e. The van der Waals surface area contributed by atoms with Crippen molar-refractivity contribution in [3.63, 3.8) is 0 Å². The van der Waals surface area contributed by atoms with Crippen molar-refractivity contribution in [1.29, 1.82) is 0 Å². The molecule has 1 aliphatic carbocycles. The van der Waals surface area contributed by atoms with Crippen LogP contribution in [0.5, 0.6) is 5.75 Å². The van der Waals surface area contributed by atoms with Gasteiger partial charge < -0.3 is 4.74 Å². The van der Waals surface area contributed by atoms with Crippen LogP contribution < -0.4 is 4.74 Å². The molecule has 1 aromatic carbocycles. The number of carbonyl (C=O) groups is 1. The van der Waals surface area contributed by atoms with Crippen LogP contribution in [0.15, 0.2) is 18.2 Å². The molecule has 2 rings (SSSR count). The summed E-state index contributed by atoms with van der Waals surface area (Å²) in [6.07, 6.45) is 3.24. The second-order valence-corrected chi connectivity index (χ2v) is 4.16. The van der Waals surface area contributed by atoms with Gasteiger partial charge in [-0.2, -0.15) is 0 Å². The first-order chi connectivity index (χ1) is 8.08. The van der Waals surface area contributed by atoms with Gasteiger partial charge in [0.15, 0.2) is 5.78 Å². The van der Waals surface area contributed by atoms with E-state index in [1.165, 1.54) is 25.1 Å². The Kier molecular flexibility index (Phi) is 3.08. The molecule has 90 valence electrons. The molecule has 0 bridgehead atoms. The fourth-order valence-electron chi connectivity index (χ4n) is 1.68. The van der Waals surface area contributed by atoms with Gasteiger partial charge in [-0.15, -0.1) is 0 Å². The zero-order valence-corrected chi connectivity index (χ0v) is 9.51. The van der Waals surface area contributed by atoms with Gasteiger partial charge in [0.05, 0.1) is 16.6 Å². The molecule has 17 heavy (non-hydrogen) atoms. The number of benzene rings is 1. The third-order valence-corrected chi connectivity index (χ3v) is 2.90. The third-order valence-electron chi connectivity index (χ3n) is 2.90. The van der Waals surface area contributed by atoms with E-state index in [0.29, 0.717) is 5.75 Å². The van der Waals surface area contributed by atoms with Crippen LogP contribution in [0.2, 0.25) is 0 Å². The third kappa shape index (κ3) is 2.43.